The number of benzene rings is 4. The number of nitrogens with one attached hydrogen (secondary N) is 1. The zero-order chi connectivity index (χ0) is 35.7. The minimum Gasteiger partial charge on any atom is -0.493 e. The molecule has 0 fully saturated rings. The van der Waals surface area contributed by atoms with Gasteiger partial charge in [0.25, 0.3) is 10.0 Å². The zero-order valence-electron chi connectivity index (χ0n) is 27.5. The molecular weight excluding hydrogens is 709 g/mol. The van der Waals surface area contributed by atoms with Crippen LogP contribution in [0, 0.1) is 0 Å². The lowest BCUT2D eigenvalue weighted by atomic mass is 10.0. The van der Waals surface area contributed by atoms with E-state index >= 15 is 0 Å². The molecule has 0 aliphatic carbocycles. The van der Waals surface area contributed by atoms with Gasteiger partial charge in [-0.25, -0.2) is 8.42 Å². The summed E-state index contributed by atoms with van der Waals surface area (Å²) in [7, 11) is -1.56. The van der Waals surface area contributed by atoms with Crippen LogP contribution in [0.2, 0.25) is 15.1 Å². The number of halogens is 3. The fourth-order valence-corrected chi connectivity index (χ4v) is 6.95. The van der Waals surface area contributed by atoms with Gasteiger partial charge in [0.1, 0.15) is 12.6 Å². The van der Waals surface area contributed by atoms with Crippen LogP contribution in [-0.4, -0.2) is 58.0 Å². The number of methoxy groups -OCH3 is 2. The highest BCUT2D eigenvalue weighted by atomic mass is 35.5. The van der Waals surface area contributed by atoms with Crippen LogP contribution in [0.4, 0.5) is 5.69 Å². The smallest absolute Gasteiger partial charge is 0.264 e. The molecule has 0 aromatic heterocycles. The number of ether oxygens (including phenoxy) is 2. The van der Waals surface area contributed by atoms with E-state index in [0.717, 1.165) is 9.87 Å². The Morgan fingerprint density at radius 3 is 2.10 bits per heavy atom. The number of rotatable bonds is 15. The summed E-state index contributed by atoms with van der Waals surface area (Å²) in [5, 5.41) is 3.99. The Morgan fingerprint density at radius 1 is 0.816 bits per heavy atom. The molecule has 0 unspecified atom stereocenters. The summed E-state index contributed by atoms with van der Waals surface area (Å²) >= 11 is 18.7. The molecule has 13 heteroatoms. The Balaban J connectivity index is 1.84. The van der Waals surface area contributed by atoms with Gasteiger partial charge in [-0.1, -0.05) is 78.1 Å². The summed E-state index contributed by atoms with van der Waals surface area (Å²) in [5.41, 5.74) is 1.59. The molecule has 2 atom stereocenters. The highest BCUT2D eigenvalue weighted by molar-refractivity contribution is 7.92. The van der Waals surface area contributed by atoms with Gasteiger partial charge in [-0.05, 0) is 73.0 Å². The highest BCUT2D eigenvalue weighted by Gasteiger charge is 2.35. The Bertz CT molecular complexity index is 1860. The predicted molar refractivity (Wildman–Crippen MR) is 194 cm³/mol. The SMILES string of the molecule is CC[C@H](C)NC(=O)[C@H](Cc1ccccc1)N(Cc1ccc(Cl)c(Cl)c1)C(=O)CN(c1ccc(Cl)cc1)S(=O)(=O)c1ccc(OC)c(OC)c1. The van der Waals surface area contributed by atoms with Crippen molar-refractivity contribution in [2.45, 2.75) is 50.2 Å². The largest absolute Gasteiger partial charge is 0.493 e. The van der Waals surface area contributed by atoms with E-state index in [1.54, 1.807) is 18.2 Å². The molecule has 4 rings (SSSR count). The standard InChI is InChI=1S/C36H38Cl3N3O6S/c1-5-24(2)40-36(44)32(20-25-9-7-6-8-10-25)41(22-26-11-17-30(38)31(39)19-26)35(43)23-42(28-14-12-27(37)13-15-28)49(45,46)29-16-18-33(47-3)34(21-29)48-4/h6-19,21,24,32H,5,20,22-23H2,1-4H3,(H,40,44)/t24-,32-/m0/s1. The third kappa shape index (κ3) is 9.60. The minimum atomic E-state index is -4.40. The van der Waals surface area contributed by atoms with E-state index in [-0.39, 0.29) is 46.3 Å². The van der Waals surface area contributed by atoms with E-state index in [2.05, 4.69) is 5.32 Å². The molecular formula is C36H38Cl3N3O6S. The van der Waals surface area contributed by atoms with Crippen molar-refractivity contribution in [3.63, 3.8) is 0 Å². The molecule has 9 nitrogen and oxygen atoms in total. The van der Waals surface area contributed by atoms with Crippen molar-refractivity contribution in [1.82, 2.24) is 10.2 Å². The number of amides is 2. The predicted octanol–water partition coefficient (Wildman–Crippen LogP) is 7.41. The molecule has 0 saturated heterocycles. The molecule has 49 heavy (non-hydrogen) atoms. The first-order valence-corrected chi connectivity index (χ1v) is 18.0. The number of sulfonamides is 1. The van der Waals surface area contributed by atoms with Gasteiger partial charge in [-0.3, -0.25) is 13.9 Å². The maximum Gasteiger partial charge on any atom is 0.264 e. The molecule has 0 spiro atoms. The molecule has 0 radical (unpaired) electrons. The van der Waals surface area contributed by atoms with Gasteiger partial charge in [0, 0.05) is 30.1 Å². The number of carbonyl (C=O) groups is 2. The van der Waals surface area contributed by atoms with Gasteiger partial charge >= 0.3 is 0 Å². The summed E-state index contributed by atoms with van der Waals surface area (Å²) in [4.78, 5) is 29.9. The quantitative estimate of drug-likeness (QED) is 0.136. The van der Waals surface area contributed by atoms with Crippen molar-refractivity contribution < 1.29 is 27.5 Å². The summed E-state index contributed by atoms with van der Waals surface area (Å²) in [6.07, 6.45) is 0.831. The average molecular weight is 747 g/mol. The lowest BCUT2D eigenvalue weighted by molar-refractivity contribution is -0.140. The zero-order valence-corrected chi connectivity index (χ0v) is 30.6. The number of nitrogens with zero attached hydrogens (tertiary/aromatic N) is 2. The highest BCUT2D eigenvalue weighted by Crippen LogP contribution is 2.33. The Labute approximate surface area is 302 Å². The summed E-state index contributed by atoms with van der Waals surface area (Å²) < 4.78 is 40.4. The molecule has 4 aromatic carbocycles. The van der Waals surface area contributed by atoms with E-state index in [9.17, 15) is 18.0 Å². The third-order valence-corrected chi connectivity index (χ3v) is 10.7. The van der Waals surface area contributed by atoms with Gasteiger partial charge in [-0.2, -0.15) is 0 Å². The first-order valence-electron chi connectivity index (χ1n) is 15.5. The maximum atomic E-state index is 14.7. The Kier molecular flexibility index (Phi) is 13.2. The molecule has 0 saturated carbocycles. The van der Waals surface area contributed by atoms with Gasteiger partial charge in [0.15, 0.2) is 11.5 Å². The van der Waals surface area contributed by atoms with Crippen LogP contribution in [-0.2, 0) is 32.6 Å². The van der Waals surface area contributed by atoms with E-state index in [4.69, 9.17) is 44.3 Å². The lowest BCUT2D eigenvalue weighted by Gasteiger charge is -2.34. The van der Waals surface area contributed by atoms with Crippen molar-refractivity contribution in [1.29, 1.82) is 0 Å². The Morgan fingerprint density at radius 2 is 1.49 bits per heavy atom. The molecule has 260 valence electrons. The van der Waals surface area contributed by atoms with E-state index in [0.29, 0.717) is 27.8 Å². The first kappa shape index (κ1) is 37.9. The van der Waals surface area contributed by atoms with E-state index in [1.165, 1.54) is 61.6 Å². The second kappa shape index (κ2) is 17.1. The van der Waals surface area contributed by atoms with E-state index < -0.39 is 28.5 Å². The van der Waals surface area contributed by atoms with Crippen LogP contribution in [0.5, 0.6) is 11.5 Å². The molecule has 0 bridgehead atoms. The minimum absolute atomic E-state index is 0.0635. The van der Waals surface area contributed by atoms with Gasteiger partial charge < -0.3 is 19.7 Å². The topological polar surface area (TPSA) is 105 Å². The molecule has 0 aliphatic heterocycles. The van der Waals surface area contributed by atoms with Crippen molar-refractivity contribution in [2.75, 3.05) is 25.1 Å². The second-order valence-corrected chi connectivity index (χ2v) is 14.4. The van der Waals surface area contributed by atoms with Crippen molar-refractivity contribution in [3.8, 4) is 11.5 Å². The fourth-order valence-electron chi connectivity index (χ4n) is 5.07. The first-order chi connectivity index (χ1) is 23.4. The number of hydrogen-bond acceptors (Lipinski definition) is 6. The Hall–Kier alpha value is -3.96. The molecule has 0 aliphatic rings. The van der Waals surface area contributed by atoms with Crippen LogP contribution in [0.25, 0.3) is 0 Å². The van der Waals surface area contributed by atoms with Crippen LogP contribution in [0.15, 0.2) is 95.9 Å². The van der Waals surface area contributed by atoms with Gasteiger partial charge in [0.05, 0.1) is 34.8 Å². The van der Waals surface area contributed by atoms with Crippen LogP contribution >= 0.6 is 34.8 Å². The summed E-state index contributed by atoms with van der Waals surface area (Å²) in [6, 6.07) is 23.3. The molecule has 4 aromatic rings. The maximum absolute atomic E-state index is 14.7. The summed E-state index contributed by atoms with van der Waals surface area (Å²) in [5.74, 6) is -0.492. The summed E-state index contributed by atoms with van der Waals surface area (Å²) in [6.45, 7) is 3.10. The van der Waals surface area contributed by atoms with Crippen molar-refractivity contribution in [2.24, 2.45) is 0 Å². The van der Waals surface area contributed by atoms with Crippen LogP contribution in [0.3, 0.4) is 0 Å². The van der Waals surface area contributed by atoms with E-state index in [1.807, 2.05) is 44.2 Å². The molecule has 1 N–H and O–H groups in total. The van der Waals surface area contributed by atoms with Crippen LogP contribution in [0.1, 0.15) is 31.4 Å². The number of carbonyl (C=O) groups excluding carboxylic acids is 2. The van der Waals surface area contributed by atoms with Crippen molar-refractivity contribution >= 4 is 62.3 Å². The number of hydrogen-bond donors (Lipinski definition) is 1. The lowest BCUT2D eigenvalue weighted by Crippen LogP contribution is -2.54. The van der Waals surface area contributed by atoms with Crippen molar-refractivity contribution in [3.05, 3.63) is 117 Å². The van der Waals surface area contributed by atoms with Crippen LogP contribution < -0.4 is 19.1 Å². The monoisotopic (exact) mass is 745 g/mol. The average Bonchev–Trinajstić information content (AvgIpc) is 3.10. The normalized spacial score (nSPS) is 12.5. The van der Waals surface area contributed by atoms with Gasteiger partial charge in [0.2, 0.25) is 11.8 Å². The van der Waals surface area contributed by atoms with Gasteiger partial charge in [-0.15, -0.1) is 0 Å². The fraction of sp³-hybridized carbons (Fsp3) is 0.278. The number of anilines is 1. The molecule has 0 heterocycles. The molecule has 2 amide bonds. The third-order valence-electron chi connectivity index (χ3n) is 7.95. The second-order valence-electron chi connectivity index (χ2n) is 11.3.